The van der Waals surface area contributed by atoms with Gasteiger partial charge in [0, 0.05) is 4.47 Å². The van der Waals surface area contributed by atoms with Gasteiger partial charge in [0.15, 0.2) is 0 Å². The first-order valence-corrected chi connectivity index (χ1v) is 5.39. The highest BCUT2D eigenvalue weighted by atomic mass is 79.9. The van der Waals surface area contributed by atoms with Crippen LogP contribution in [0.4, 0.5) is 0 Å². The van der Waals surface area contributed by atoms with Crippen molar-refractivity contribution in [2.45, 2.75) is 0 Å². The summed E-state index contributed by atoms with van der Waals surface area (Å²) in [6, 6.07) is 9.09. The Morgan fingerprint density at radius 3 is 2.67 bits per heavy atom. The maximum atomic E-state index is 8.02. The lowest BCUT2D eigenvalue weighted by Crippen LogP contribution is -1.78. The molecule has 0 saturated carbocycles. The number of hydrogen-bond donors (Lipinski definition) is 0. The topological polar surface area (TPSA) is 0 Å². The number of benzene rings is 3. The van der Waals surface area contributed by atoms with Gasteiger partial charge >= 0.3 is 0 Å². The number of halogens is 1. The Labute approximate surface area is 102 Å². The van der Waals surface area contributed by atoms with E-state index >= 15 is 0 Å². The fraction of sp³-hybridized carbons (Fsp3) is 0. The summed E-state index contributed by atoms with van der Waals surface area (Å²) in [6.07, 6.45) is 0. The van der Waals surface area contributed by atoms with E-state index in [1.54, 1.807) is 0 Å². The third-order valence-electron chi connectivity index (χ3n) is 2.43. The zero-order valence-corrected chi connectivity index (χ0v) is 9.35. The highest BCUT2D eigenvalue weighted by Crippen LogP contribution is 2.32. The molecule has 0 saturated heterocycles. The van der Waals surface area contributed by atoms with Crippen molar-refractivity contribution < 1.29 is 5.48 Å². The summed E-state index contributed by atoms with van der Waals surface area (Å²) in [6.45, 7) is 0. The van der Waals surface area contributed by atoms with Crippen molar-refractivity contribution >= 4 is 37.5 Å². The molecule has 3 rings (SSSR count). The van der Waals surface area contributed by atoms with Crippen molar-refractivity contribution in [1.82, 2.24) is 0 Å². The first-order chi connectivity index (χ1) is 9.02. The molecule has 0 nitrogen and oxygen atoms in total. The lowest BCUT2D eigenvalue weighted by Gasteiger charge is -2.05. The summed E-state index contributed by atoms with van der Waals surface area (Å²) >= 11 is 3.48. The molecule has 0 atom stereocenters. The van der Waals surface area contributed by atoms with Gasteiger partial charge in [0.1, 0.15) is 0 Å². The van der Waals surface area contributed by atoms with E-state index in [1.165, 1.54) is 0 Å². The van der Waals surface area contributed by atoms with E-state index < -0.39 is 0 Å². The second-order valence-corrected chi connectivity index (χ2v) is 4.13. The Kier molecular flexibility index (Phi) is 1.27. The molecule has 3 aromatic rings. The Hall–Kier alpha value is -1.34. The van der Waals surface area contributed by atoms with E-state index in [0.29, 0.717) is 15.2 Å². The van der Waals surface area contributed by atoms with Crippen LogP contribution in [0.3, 0.4) is 0 Å². The molecule has 1 heteroatoms. The van der Waals surface area contributed by atoms with Gasteiger partial charge in [-0.25, -0.2) is 0 Å². The summed E-state index contributed by atoms with van der Waals surface area (Å²) in [5, 5.41) is 2.97. The van der Waals surface area contributed by atoms with Crippen LogP contribution < -0.4 is 0 Å². The van der Waals surface area contributed by atoms with Gasteiger partial charge in [-0.15, -0.1) is 0 Å². The molecule has 0 bridgehead atoms. The van der Waals surface area contributed by atoms with Crippen LogP contribution in [-0.4, -0.2) is 0 Å². The lowest BCUT2D eigenvalue weighted by atomic mass is 10.0. The van der Waals surface area contributed by atoms with Crippen LogP contribution in [0, 0.1) is 0 Å². The Morgan fingerprint density at radius 1 is 0.933 bits per heavy atom. The van der Waals surface area contributed by atoms with Crippen LogP contribution in [0.5, 0.6) is 0 Å². The van der Waals surface area contributed by atoms with Crippen molar-refractivity contribution in [3.05, 3.63) is 59.0 Å². The van der Waals surface area contributed by atoms with E-state index in [9.17, 15) is 0 Å². The van der Waals surface area contributed by atoms with Gasteiger partial charge in [-0.3, -0.25) is 0 Å². The number of hydrogen-bond acceptors (Lipinski definition) is 0. The first-order valence-electron chi connectivity index (χ1n) is 6.59. The standard InChI is InChI=1S/C14H9Br/c15-14-12-7-3-1-5-10(12)9-11-6-2-4-8-13(11)14/h1-9H/i1D,3D,5D,7D. The summed E-state index contributed by atoms with van der Waals surface area (Å²) < 4.78 is 32.2. The monoisotopic (exact) mass is 260 g/mol. The molecule has 15 heavy (non-hydrogen) atoms. The first kappa shape index (κ1) is 5.66. The average Bonchev–Trinajstić information content (AvgIpc) is 2.43. The molecular formula is C14H9Br. The third kappa shape index (κ3) is 1.35. The number of fused-ring (bicyclic) bond motifs is 2. The summed E-state index contributed by atoms with van der Waals surface area (Å²) in [7, 11) is 0. The van der Waals surface area contributed by atoms with Gasteiger partial charge in [-0.2, -0.15) is 0 Å². The van der Waals surface area contributed by atoms with Crippen molar-refractivity contribution in [3.8, 4) is 0 Å². The quantitative estimate of drug-likeness (QED) is 0.512. The van der Waals surface area contributed by atoms with E-state index in [2.05, 4.69) is 15.9 Å². The van der Waals surface area contributed by atoms with Crippen LogP contribution in [0.25, 0.3) is 21.5 Å². The maximum Gasteiger partial charge on any atom is 0.0630 e. The molecule has 0 aliphatic rings. The van der Waals surface area contributed by atoms with Crippen LogP contribution in [0.15, 0.2) is 59.0 Å². The van der Waals surface area contributed by atoms with E-state index in [0.717, 1.165) is 10.8 Å². The Morgan fingerprint density at radius 2 is 1.73 bits per heavy atom. The summed E-state index contributed by atoms with van der Waals surface area (Å²) in [5.74, 6) is 0. The van der Waals surface area contributed by atoms with Gasteiger partial charge in [0.2, 0.25) is 0 Å². The van der Waals surface area contributed by atoms with E-state index in [-0.39, 0.29) is 24.2 Å². The molecule has 0 aliphatic heterocycles. The zero-order chi connectivity index (χ0) is 13.7. The van der Waals surface area contributed by atoms with Crippen molar-refractivity contribution in [2.75, 3.05) is 0 Å². The molecule has 0 radical (unpaired) electrons. The molecule has 0 heterocycles. The molecule has 0 fully saturated rings. The minimum atomic E-state index is -0.200. The molecule has 0 aliphatic carbocycles. The van der Waals surface area contributed by atoms with E-state index in [4.69, 9.17) is 5.48 Å². The van der Waals surface area contributed by atoms with Crippen molar-refractivity contribution in [1.29, 1.82) is 0 Å². The van der Waals surface area contributed by atoms with Gasteiger partial charge in [0.25, 0.3) is 0 Å². The Bertz CT molecular complexity index is 827. The second-order valence-electron chi connectivity index (χ2n) is 3.33. The van der Waals surface area contributed by atoms with Gasteiger partial charge < -0.3 is 0 Å². The third-order valence-corrected chi connectivity index (χ3v) is 3.26. The molecule has 3 aromatic carbocycles. The van der Waals surface area contributed by atoms with Gasteiger partial charge in [-0.05, 0) is 43.5 Å². The van der Waals surface area contributed by atoms with Crippen molar-refractivity contribution in [3.63, 3.8) is 0 Å². The largest absolute Gasteiger partial charge is 0.0630 e. The molecule has 0 amide bonds. The highest BCUT2D eigenvalue weighted by Gasteiger charge is 2.03. The molecular weight excluding hydrogens is 248 g/mol. The predicted octanol–water partition coefficient (Wildman–Crippen LogP) is 4.76. The fourth-order valence-electron chi connectivity index (χ4n) is 1.72. The number of rotatable bonds is 0. The lowest BCUT2D eigenvalue weighted by molar-refractivity contribution is 1.74. The van der Waals surface area contributed by atoms with E-state index in [1.807, 2.05) is 30.3 Å². The molecule has 0 unspecified atom stereocenters. The minimum absolute atomic E-state index is 0.00227. The van der Waals surface area contributed by atoms with Crippen molar-refractivity contribution in [2.24, 2.45) is 0 Å². The maximum absolute atomic E-state index is 8.02. The van der Waals surface area contributed by atoms with Crippen LogP contribution in [0.1, 0.15) is 5.48 Å². The van der Waals surface area contributed by atoms with Crippen LogP contribution in [0.2, 0.25) is 0 Å². The predicted molar refractivity (Wildman–Crippen MR) is 69.2 cm³/mol. The molecule has 0 aromatic heterocycles. The minimum Gasteiger partial charge on any atom is -0.0616 e. The van der Waals surface area contributed by atoms with Gasteiger partial charge in [-0.1, -0.05) is 48.4 Å². The smallest absolute Gasteiger partial charge is 0.0616 e. The molecule has 0 spiro atoms. The SMILES string of the molecule is [2H]c1c([2H])c([2H])c2c(Br)c3ccccc3cc2c1[2H]. The second kappa shape index (κ2) is 3.35. The van der Waals surface area contributed by atoms with Gasteiger partial charge in [0.05, 0.1) is 5.48 Å². The van der Waals surface area contributed by atoms with Crippen LogP contribution >= 0.6 is 15.9 Å². The highest BCUT2D eigenvalue weighted by molar-refractivity contribution is 9.10. The fourth-order valence-corrected chi connectivity index (χ4v) is 2.39. The zero-order valence-electron chi connectivity index (χ0n) is 11.8. The average molecular weight is 261 g/mol. The summed E-state index contributed by atoms with van der Waals surface area (Å²) in [5.41, 5.74) is 0. The normalized spacial score (nSPS) is 14.7. The van der Waals surface area contributed by atoms with Crippen LogP contribution in [-0.2, 0) is 0 Å². The molecule has 0 N–H and O–H groups in total. The molecule has 72 valence electrons. The summed E-state index contributed by atoms with van der Waals surface area (Å²) in [4.78, 5) is 0. The Balaban J connectivity index is 2.66.